The number of oxime groups is 1. The number of hydrogen-bond donors (Lipinski definition) is 1. The lowest BCUT2D eigenvalue weighted by molar-refractivity contribution is 0.0322. The van der Waals surface area contributed by atoms with Gasteiger partial charge in [-0.3, -0.25) is 4.90 Å². The van der Waals surface area contributed by atoms with E-state index in [1.54, 1.807) is 7.11 Å². The van der Waals surface area contributed by atoms with E-state index in [1.165, 1.54) is 0 Å². The third-order valence-corrected chi connectivity index (χ3v) is 5.63. The van der Waals surface area contributed by atoms with Crippen molar-refractivity contribution in [2.45, 2.75) is 31.6 Å². The molecule has 0 saturated heterocycles. The van der Waals surface area contributed by atoms with Crippen LogP contribution >= 0.6 is 0 Å². The molecule has 0 fully saturated rings. The van der Waals surface area contributed by atoms with Gasteiger partial charge in [0, 0.05) is 26.1 Å². The Kier molecular flexibility index (Phi) is 7.54. The summed E-state index contributed by atoms with van der Waals surface area (Å²) in [6, 6.07) is 28.3. The van der Waals surface area contributed by atoms with Crippen molar-refractivity contribution in [3.63, 3.8) is 0 Å². The molecule has 1 heterocycles. The number of benzene rings is 3. The van der Waals surface area contributed by atoms with Gasteiger partial charge in [0.15, 0.2) is 0 Å². The molecule has 0 spiro atoms. The predicted octanol–water partition coefficient (Wildman–Crippen LogP) is 4.29. The Labute approximate surface area is 189 Å². The molecule has 0 aromatic heterocycles. The Morgan fingerprint density at radius 1 is 1.00 bits per heavy atom. The minimum Gasteiger partial charge on any atom is -0.497 e. The van der Waals surface area contributed by atoms with Crippen LogP contribution in [0.25, 0.3) is 0 Å². The van der Waals surface area contributed by atoms with Crippen molar-refractivity contribution < 1.29 is 14.7 Å². The number of ether oxygens (including phenoxy) is 1. The molecule has 1 aliphatic heterocycles. The minimum atomic E-state index is -0.473. The van der Waals surface area contributed by atoms with E-state index in [4.69, 9.17) is 9.57 Å². The van der Waals surface area contributed by atoms with E-state index >= 15 is 0 Å². The molecule has 0 radical (unpaired) electrons. The maximum Gasteiger partial charge on any atom is 0.145 e. The first-order valence-corrected chi connectivity index (χ1v) is 11.0. The number of aliphatic hydroxyl groups excluding tert-OH is 1. The van der Waals surface area contributed by atoms with Gasteiger partial charge in [0.2, 0.25) is 0 Å². The molecule has 0 saturated carbocycles. The third kappa shape index (κ3) is 6.19. The molecular weight excluding hydrogens is 400 g/mol. The normalized spacial score (nSPS) is 16.5. The Hall–Kier alpha value is -3.15. The predicted molar refractivity (Wildman–Crippen MR) is 127 cm³/mol. The Balaban J connectivity index is 1.42. The zero-order valence-corrected chi connectivity index (χ0v) is 18.4. The van der Waals surface area contributed by atoms with Crippen LogP contribution < -0.4 is 4.74 Å². The lowest BCUT2D eigenvalue weighted by atomic mass is 10.0. The van der Waals surface area contributed by atoms with Crippen LogP contribution in [-0.4, -0.2) is 48.1 Å². The van der Waals surface area contributed by atoms with Crippen LogP contribution in [0, 0.1) is 0 Å². The molecule has 1 N–H and O–H groups in total. The van der Waals surface area contributed by atoms with Crippen LogP contribution in [-0.2, 0) is 17.8 Å². The summed E-state index contributed by atoms with van der Waals surface area (Å²) in [6.45, 7) is 1.93. The summed E-state index contributed by atoms with van der Waals surface area (Å²) in [6.07, 6.45) is 0.860. The largest absolute Gasteiger partial charge is 0.497 e. The fourth-order valence-corrected chi connectivity index (χ4v) is 4.10. The van der Waals surface area contributed by atoms with Crippen LogP contribution in [0.5, 0.6) is 5.75 Å². The first kappa shape index (κ1) is 22.1. The first-order valence-electron chi connectivity index (χ1n) is 11.0. The first-order chi connectivity index (χ1) is 15.7. The second kappa shape index (κ2) is 10.9. The van der Waals surface area contributed by atoms with Gasteiger partial charge in [0.1, 0.15) is 11.9 Å². The second-order valence-corrected chi connectivity index (χ2v) is 8.22. The summed E-state index contributed by atoms with van der Waals surface area (Å²) in [4.78, 5) is 8.02. The van der Waals surface area contributed by atoms with Crippen LogP contribution in [0.15, 0.2) is 90.1 Å². The molecule has 0 bridgehead atoms. The fraction of sp³-hybridized carbons (Fsp3) is 0.296. The summed E-state index contributed by atoms with van der Waals surface area (Å²) in [5, 5.41) is 15.1. The van der Waals surface area contributed by atoms with Crippen molar-refractivity contribution in [1.29, 1.82) is 0 Å². The average molecular weight is 431 g/mol. The molecule has 5 nitrogen and oxygen atoms in total. The van der Waals surface area contributed by atoms with Gasteiger partial charge < -0.3 is 14.7 Å². The molecule has 5 heteroatoms. The third-order valence-electron chi connectivity index (χ3n) is 5.63. The van der Waals surface area contributed by atoms with E-state index in [-0.39, 0.29) is 6.10 Å². The molecule has 0 aliphatic carbocycles. The van der Waals surface area contributed by atoms with E-state index in [0.717, 1.165) is 34.6 Å². The highest BCUT2D eigenvalue weighted by Crippen LogP contribution is 2.20. The van der Waals surface area contributed by atoms with Crippen molar-refractivity contribution >= 4 is 5.71 Å². The van der Waals surface area contributed by atoms with Crippen LogP contribution in [0.4, 0.5) is 0 Å². The summed E-state index contributed by atoms with van der Waals surface area (Å²) < 4.78 is 5.38. The molecule has 2 atom stereocenters. The molecule has 2 unspecified atom stereocenters. The Morgan fingerprint density at radius 3 is 2.47 bits per heavy atom. The van der Waals surface area contributed by atoms with Crippen molar-refractivity contribution in [2.24, 2.45) is 5.16 Å². The minimum absolute atomic E-state index is 0.0419. The van der Waals surface area contributed by atoms with E-state index in [9.17, 15) is 5.11 Å². The van der Waals surface area contributed by atoms with E-state index in [2.05, 4.69) is 40.4 Å². The van der Waals surface area contributed by atoms with Gasteiger partial charge in [-0.2, -0.15) is 0 Å². The molecule has 4 rings (SSSR count). The van der Waals surface area contributed by atoms with Crippen LogP contribution in [0.3, 0.4) is 0 Å². The smallest absolute Gasteiger partial charge is 0.145 e. The molecule has 166 valence electrons. The summed E-state index contributed by atoms with van der Waals surface area (Å²) >= 11 is 0. The maximum atomic E-state index is 10.8. The topological polar surface area (TPSA) is 54.3 Å². The van der Waals surface area contributed by atoms with Gasteiger partial charge in [-0.05, 0) is 35.2 Å². The monoisotopic (exact) mass is 430 g/mol. The molecule has 1 aliphatic rings. The lowest BCUT2D eigenvalue weighted by Gasteiger charge is -2.27. The van der Waals surface area contributed by atoms with Gasteiger partial charge in [-0.1, -0.05) is 78.0 Å². The SMILES string of the molecule is COc1cccc(CN(CC(O)Cc2ccccc2)CC2CC(c3ccccc3)=NO2)c1. The number of methoxy groups -OCH3 is 1. The van der Waals surface area contributed by atoms with Gasteiger partial charge in [0.25, 0.3) is 0 Å². The Morgan fingerprint density at radius 2 is 1.72 bits per heavy atom. The molecule has 32 heavy (non-hydrogen) atoms. The zero-order valence-electron chi connectivity index (χ0n) is 18.4. The van der Waals surface area contributed by atoms with Crippen molar-refractivity contribution in [1.82, 2.24) is 4.90 Å². The summed E-state index contributed by atoms with van der Waals surface area (Å²) in [5.74, 6) is 0.832. The number of hydrogen-bond acceptors (Lipinski definition) is 5. The quantitative estimate of drug-likeness (QED) is 0.521. The van der Waals surface area contributed by atoms with Crippen molar-refractivity contribution in [3.8, 4) is 5.75 Å². The number of nitrogens with zero attached hydrogens (tertiary/aromatic N) is 2. The van der Waals surface area contributed by atoms with Crippen molar-refractivity contribution in [2.75, 3.05) is 20.2 Å². The lowest BCUT2D eigenvalue weighted by Crippen LogP contribution is -2.38. The zero-order chi connectivity index (χ0) is 22.2. The van der Waals surface area contributed by atoms with Gasteiger partial charge in [-0.15, -0.1) is 0 Å². The molecular formula is C27H30N2O3. The van der Waals surface area contributed by atoms with Gasteiger partial charge >= 0.3 is 0 Å². The highest BCUT2D eigenvalue weighted by Gasteiger charge is 2.25. The summed E-state index contributed by atoms with van der Waals surface area (Å²) in [5.41, 5.74) is 4.34. The highest BCUT2D eigenvalue weighted by molar-refractivity contribution is 6.01. The summed E-state index contributed by atoms with van der Waals surface area (Å²) in [7, 11) is 1.68. The average Bonchev–Trinajstić information content (AvgIpc) is 3.29. The van der Waals surface area contributed by atoms with E-state index in [0.29, 0.717) is 26.1 Å². The molecule has 3 aromatic rings. The van der Waals surface area contributed by atoms with Gasteiger partial charge in [-0.25, -0.2) is 0 Å². The molecule has 0 amide bonds. The van der Waals surface area contributed by atoms with Crippen LogP contribution in [0.2, 0.25) is 0 Å². The standard InChI is InChI=1S/C27H30N2O3/c1-31-25-14-8-11-22(16-25)18-29(19-24(30)15-21-9-4-2-5-10-21)20-26-17-27(28-32-26)23-12-6-3-7-13-23/h2-14,16,24,26,30H,15,17-20H2,1H3. The van der Waals surface area contributed by atoms with E-state index < -0.39 is 6.10 Å². The van der Waals surface area contributed by atoms with E-state index in [1.807, 2.05) is 54.6 Å². The highest BCUT2D eigenvalue weighted by atomic mass is 16.6. The molecule has 3 aromatic carbocycles. The second-order valence-electron chi connectivity index (χ2n) is 8.22. The number of rotatable bonds is 10. The maximum absolute atomic E-state index is 10.8. The fourth-order valence-electron chi connectivity index (χ4n) is 4.10. The number of aliphatic hydroxyl groups is 1. The van der Waals surface area contributed by atoms with Gasteiger partial charge in [0.05, 0.1) is 18.9 Å². The van der Waals surface area contributed by atoms with Crippen molar-refractivity contribution in [3.05, 3.63) is 102 Å². The Bertz CT molecular complexity index is 1010. The van der Waals surface area contributed by atoms with Crippen LogP contribution in [0.1, 0.15) is 23.1 Å².